The second-order valence-corrected chi connectivity index (χ2v) is 4.75. The SMILES string of the molecule is O=C1c2ccccc2C(=O)N1CCCn1ncccc1=O. The molecule has 2 heterocycles. The molecule has 1 aliphatic rings. The number of nitrogens with zero attached hydrogens (tertiary/aromatic N) is 3. The first kappa shape index (κ1) is 13.2. The van der Waals surface area contributed by atoms with Gasteiger partial charge in [0.25, 0.3) is 17.4 Å². The predicted octanol–water partition coefficient (Wildman–Crippen LogP) is 0.930. The van der Waals surface area contributed by atoms with Gasteiger partial charge in [-0.05, 0) is 24.6 Å². The minimum absolute atomic E-state index is 0.195. The standard InChI is InChI=1S/C15H13N3O3/c19-13-7-3-8-16-18(13)10-4-9-17-14(20)11-5-1-2-6-12(11)15(17)21/h1-3,5-8H,4,9-10H2. The predicted molar refractivity (Wildman–Crippen MR) is 74.9 cm³/mol. The largest absolute Gasteiger partial charge is 0.274 e. The zero-order chi connectivity index (χ0) is 14.8. The first-order valence-electron chi connectivity index (χ1n) is 6.66. The number of aromatic nitrogens is 2. The third kappa shape index (κ3) is 2.35. The van der Waals surface area contributed by atoms with Crippen LogP contribution in [-0.4, -0.2) is 33.0 Å². The fraction of sp³-hybridized carbons (Fsp3) is 0.200. The molecule has 2 amide bonds. The number of benzene rings is 1. The molecule has 21 heavy (non-hydrogen) atoms. The van der Waals surface area contributed by atoms with Crippen LogP contribution >= 0.6 is 0 Å². The molecule has 0 spiro atoms. The highest BCUT2D eigenvalue weighted by molar-refractivity contribution is 6.21. The molecule has 1 aromatic carbocycles. The quantitative estimate of drug-likeness (QED) is 0.782. The molecule has 0 bridgehead atoms. The van der Waals surface area contributed by atoms with Gasteiger partial charge in [-0.1, -0.05) is 12.1 Å². The van der Waals surface area contributed by atoms with Crippen LogP contribution in [0, 0.1) is 0 Å². The van der Waals surface area contributed by atoms with Gasteiger partial charge in [0.1, 0.15) is 0 Å². The minimum Gasteiger partial charge on any atom is -0.274 e. The Kier molecular flexibility index (Phi) is 3.35. The van der Waals surface area contributed by atoms with E-state index >= 15 is 0 Å². The van der Waals surface area contributed by atoms with Gasteiger partial charge in [-0.2, -0.15) is 5.10 Å². The van der Waals surface area contributed by atoms with Crippen LogP contribution < -0.4 is 5.56 Å². The van der Waals surface area contributed by atoms with E-state index in [0.717, 1.165) is 0 Å². The number of fused-ring (bicyclic) bond motifs is 1. The van der Waals surface area contributed by atoms with Crippen molar-refractivity contribution in [3.8, 4) is 0 Å². The van der Waals surface area contributed by atoms with Crippen molar-refractivity contribution in [1.29, 1.82) is 0 Å². The molecule has 0 aliphatic carbocycles. The van der Waals surface area contributed by atoms with Crippen LogP contribution in [0.25, 0.3) is 0 Å². The Labute approximate surface area is 120 Å². The van der Waals surface area contributed by atoms with Crippen molar-refractivity contribution in [2.75, 3.05) is 6.54 Å². The van der Waals surface area contributed by atoms with Crippen molar-refractivity contribution in [1.82, 2.24) is 14.7 Å². The summed E-state index contributed by atoms with van der Waals surface area (Å²) in [6, 6.07) is 9.78. The molecule has 0 fully saturated rings. The van der Waals surface area contributed by atoms with Gasteiger partial charge in [-0.25, -0.2) is 4.68 Å². The molecule has 106 valence electrons. The van der Waals surface area contributed by atoms with Crippen molar-refractivity contribution >= 4 is 11.8 Å². The van der Waals surface area contributed by atoms with Gasteiger partial charge in [0.15, 0.2) is 0 Å². The fourth-order valence-corrected chi connectivity index (χ4v) is 2.38. The van der Waals surface area contributed by atoms with Gasteiger partial charge in [0.2, 0.25) is 0 Å². The summed E-state index contributed by atoms with van der Waals surface area (Å²) in [7, 11) is 0. The maximum Gasteiger partial charge on any atom is 0.266 e. The average Bonchev–Trinajstić information content (AvgIpc) is 2.74. The molecule has 2 aromatic rings. The third-order valence-electron chi connectivity index (χ3n) is 3.42. The van der Waals surface area contributed by atoms with Gasteiger partial charge in [-0.3, -0.25) is 19.3 Å². The number of hydrogen-bond acceptors (Lipinski definition) is 4. The Balaban J connectivity index is 1.68. The molecule has 0 unspecified atom stereocenters. The fourth-order valence-electron chi connectivity index (χ4n) is 2.38. The van der Waals surface area contributed by atoms with E-state index in [1.165, 1.54) is 21.8 Å². The third-order valence-corrected chi connectivity index (χ3v) is 3.42. The highest BCUT2D eigenvalue weighted by atomic mass is 16.2. The number of imide groups is 1. The van der Waals surface area contributed by atoms with E-state index in [1.54, 1.807) is 30.3 Å². The van der Waals surface area contributed by atoms with Crippen molar-refractivity contribution in [2.45, 2.75) is 13.0 Å². The molecule has 0 atom stereocenters. The molecular formula is C15H13N3O3. The van der Waals surface area contributed by atoms with Crippen molar-refractivity contribution < 1.29 is 9.59 Å². The minimum atomic E-state index is -0.274. The molecule has 6 nitrogen and oxygen atoms in total. The monoisotopic (exact) mass is 283 g/mol. The van der Waals surface area contributed by atoms with Crippen LogP contribution in [-0.2, 0) is 6.54 Å². The maximum absolute atomic E-state index is 12.1. The van der Waals surface area contributed by atoms with Gasteiger partial charge < -0.3 is 0 Å². The van der Waals surface area contributed by atoms with E-state index in [-0.39, 0.29) is 23.9 Å². The number of rotatable bonds is 4. The Morgan fingerprint density at radius 3 is 2.14 bits per heavy atom. The number of amides is 2. The lowest BCUT2D eigenvalue weighted by Crippen LogP contribution is -2.32. The number of aryl methyl sites for hydroxylation is 1. The summed E-state index contributed by atoms with van der Waals surface area (Å²) in [5, 5.41) is 3.94. The lowest BCUT2D eigenvalue weighted by Gasteiger charge is -2.13. The Hall–Kier alpha value is -2.76. The molecule has 6 heteroatoms. The summed E-state index contributed by atoms with van der Waals surface area (Å²) in [5.41, 5.74) is 0.690. The lowest BCUT2D eigenvalue weighted by atomic mass is 10.1. The van der Waals surface area contributed by atoms with Crippen molar-refractivity contribution in [2.24, 2.45) is 0 Å². The Morgan fingerprint density at radius 1 is 0.857 bits per heavy atom. The van der Waals surface area contributed by atoms with E-state index in [2.05, 4.69) is 5.10 Å². The van der Waals surface area contributed by atoms with E-state index in [0.29, 0.717) is 24.1 Å². The maximum atomic E-state index is 12.1. The molecule has 3 rings (SSSR count). The van der Waals surface area contributed by atoms with Crippen LogP contribution in [0.5, 0.6) is 0 Å². The summed E-state index contributed by atoms with van der Waals surface area (Å²) < 4.78 is 1.32. The van der Waals surface area contributed by atoms with Gasteiger partial charge >= 0.3 is 0 Å². The first-order chi connectivity index (χ1) is 10.2. The van der Waals surface area contributed by atoms with Crippen LogP contribution in [0.4, 0.5) is 0 Å². The highest BCUT2D eigenvalue weighted by Crippen LogP contribution is 2.22. The molecule has 0 radical (unpaired) electrons. The highest BCUT2D eigenvalue weighted by Gasteiger charge is 2.34. The molecular weight excluding hydrogens is 270 g/mol. The summed E-state index contributed by atoms with van der Waals surface area (Å²) in [5.74, 6) is -0.548. The zero-order valence-electron chi connectivity index (χ0n) is 11.2. The van der Waals surface area contributed by atoms with Crippen LogP contribution in [0.1, 0.15) is 27.1 Å². The van der Waals surface area contributed by atoms with E-state index < -0.39 is 0 Å². The average molecular weight is 283 g/mol. The molecule has 0 N–H and O–H groups in total. The van der Waals surface area contributed by atoms with E-state index in [1.807, 2.05) is 0 Å². The van der Waals surface area contributed by atoms with E-state index in [4.69, 9.17) is 0 Å². The lowest BCUT2D eigenvalue weighted by molar-refractivity contribution is 0.0650. The molecule has 1 aromatic heterocycles. The van der Waals surface area contributed by atoms with Crippen molar-refractivity contribution in [3.05, 3.63) is 64.1 Å². The second kappa shape index (κ2) is 5.32. The number of carbonyl (C=O) groups excluding carboxylic acids is 2. The van der Waals surface area contributed by atoms with Crippen LogP contribution in [0.15, 0.2) is 47.4 Å². The zero-order valence-corrected chi connectivity index (χ0v) is 11.2. The van der Waals surface area contributed by atoms with E-state index in [9.17, 15) is 14.4 Å². The van der Waals surface area contributed by atoms with Gasteiger partial charge in [0, 0.05) is 25.4 Å². The van der Waals surface area contributed by atoms with Gasteiger partial charge in [0.05, 0.1) is 11.1 Å². The Morgan fingerprint density at radius 2 is 1.52 bits per heavy atom. The topological polar surface area (TPSA) is 72.3 Å². The van der Waals surface area contributed by atoms with Crippen LogP contribution in [0.2, 0.25) is 0 Å². The molecule has 0 saturated heterocycles. The summed E-state index contributed by atoms with van der Waals surface area (Å²) in [6.45, 7) is 0.641. The summed E-state index contributed by atoms with van der Waals surface area (Å²) >= 11 is 0. The first-order valence-corrected chi connectivity index (χ1v) is 6.66. The molecule has 1 aliphatic heterocycles. The normalized spacial score (nSPS) is 13.6. The van der Waals surface area contributed by atoms with Crippen LogP contribution in [0.3, 0.4) is 0 Å². The molecule has 0 saturated carbocycles. The smallest absolute Gasteiger partial charge is 0.266 e. The number of carbonyl (C=O) groups is 2. The Bertz CT molecular complexity index is 732. The number of hydrogen-bond donors (Lipinski definition) is 0. The second-order valence-electron chi connectivity index (χ2n) is 4.75. The summed E-state index contributed by atoms with van der Waals surface area (Å²) in [4.78, 5) is 37.0. The summed E-state index contributed by atoms with van der Waals surface area (Å²) in [6.07, 6.45) is 2.02. The van der Waals surface area contributed by atoms with Gasteiger partial charge in [-0.15, -0.1) is 0 Å². The van der Waals surface area contributed by atoms with Crippen molar-refractivity contribution in [3.63, 3.8) is 0 Å².